The van der Waals surface area contributed by atoms with E-state index in [9.17, 15) is 20.2 Å². The van der Waals surface area contributed by atoms with Crippen molar-refractivity contribution in [2.45, 2.75) is 13.5 Å². The van der Waals surface area contributed by atoms with Gasteiger partial charge in [-0.05, 0) is 69.9 Å². The zero-order valence-corrected chi connectivity index (χ0v) is 20.7. The molecule has 3 aromatic carbocycles. The molecule has 0 aliphatic carbocycles. The maximum absolute atomic E-state index is 12.6. The molecular formula is C24H16BrCl2N3O4. The summed E-state index contributed by atoms with van der Waals surface area (Å²) in [5.74, 6) is -0.275. The number of nitrogens with one attached hydrogen (secondary N) is 1. The van der Waals surface area contributed by atoms with Crippen LogP contribution in [0.1, 0.15) is 16.7 Å². The number of anilines is 1. The van der Waals surface area contributed by atoms with Gasteiger partial charge in [0.15, 0.2) is 5.75 Å². The molecule has 0 spiro atoms. The summed E-state index contributed by atoms with van der Waals surface area (Å²) in [6, 6.07) is 16.2. The number of hydrogen-bond acceptors (Lipinski definition) is 5. The van der Waals surface area contributed by atoms with Crippen LogP contribution in [0.15, 0.2) is 64.6 Å². The fourth-order valence-electron chi connectivity index (χ4n) is 2.90. The van der Waals surface area contributed by atoms with Crippen molar-refractivity contribution in [1.29, 1.82) is 5.26 Å². The molecule has 172 valence electrons. The summed E-state index contributed by atoms with van der Waals surface area (Å²) in [5.41, 5.74) is 2.25. The molecule has 10 heteroatoms. The van der Waals surface area contributed by atoms with Gasteiger partial charge in [0.1, 0.15) is 18.2 Å². The van der Waals surface area contributed by atoms with Crippen LogP contribution in [0.4, 0.5) is 11.4 Å². The molecule has 1 amide bonds. The first-order valence-corrected chi connectivity index (χ1v) is 11.3. The molecule has 0 aromatic heterocycles. The first-order valence-electron chi connectivity index (χ1n) is 9.72. The number of hydrogen-bond donors (Lipinski definition) is 1. The minimum atomic E-state index is -0.597. The number of halogens is 3. The number of nitrogens with zero attached hydrogens (tertiary/aromatic N) is 2. The summed E-state index contributed by atoms with van der Waals surface area (Å²) in [4.78, 5) is 23.0. The van der Waals surface area contributed by atoms with Crippen LogP contribution in [-0.4, -0.2) is 10.8 Å². The smallest absolute Gasteiger partial charge is 0.269 e. The summed E-state index contributed by atoms with van der Waals surface area (Å²) in [5, 5.41) is 23.8. The van der Waals surface area contributed by atoms with E-state index in [0.717, 1.165) is 5.56 Å². The number of nitro benzene ring substituents is 1. The van der Waals surface area contributed by atoms with Gasteiger partial charge in [-0.1, -0.05) is 41.4 Å². The van der Waals surface area contributed by atoms with Crippen LogP contribution in [0.2, 0.25) is 10.0 Å². The number of ether oxygens (including phenoxy) is 1. The normalized spacial score (nSPS) is 11.0. The Balaban J connectivity index is 1.77. The zero-order chi connectivity index (χ0) is 24.8. The zero-order valence-electron chi connectivity index (χ0n) is 17.6. The van der Waals surface area contributed by atoms with Crippen molar-refractivity contribution < 1.29 is 14.5 Å². The van der Waals surface area contributed by atoms with E-state index in [-0.39, 0.29) is 22.9 Å². The maximum atomic E-state index is 12.6. The molecule has 0 aliphatic heterocycles. The third-order valence-corrected chi connectivity index (χ3v) is 5.91. The minimum Gasteiger partial charge on any atom is -0.486 e. The Hall–Kier alpha value is -3.38. The van der Waals surface area contributed by atoms with Gasteiger partial charge in [0, 0.05) is 22.8 Å². The summed E-state index contributed by atoms with van der Waals surface area (Å²) in [6.07, 6.45) is 1.39. The Morgan fingerprint density at radius 3 is 2.62 bits per heavy atom. The van der Waals surface area contributed by atoms with Crippen LogP contribution in [-0.2, 0) is 11.4 Å². The average molecular weight is 561 g/mol. The van der Waals surface area contributed by atoms with E-state index in [4.69, 9.17) is 27.9 Å². The van der Waals surface area contributed by atoms with Crippen molar-refractivity contribution in [2.75, 3.05) is 5.32 Å². The molecule has 34 heavy (non-hydrogen) atoms. The van der Waals surface area contributed by atoms with Gasteiger partial charge in [0.25, 0.3) is 11.6 Å². The maximum Gasteiger partial charge on any atom is 0.269 e. The second-order valence-electron chi connectivity index (χ2n) is 7.12. The molecular weight excluding hydrogens is 545 g/mol. The quantitative estimate of drug-likeness (QED) is 0.144. The van der Waals surface area contributed by atoms with Crippen molar-refractivity contribution >= 4 is 62.5 Å². The molecule has 3 rings (SSSR count). The summed E-state index contributed by atoms with van der Waals surface area (Å²) in [6.45, 7) is 1.90. The number of rotatable bonds is 7. The second-order valence-corrected chi connectivity index (χ2v) is 8.79. The Morgan fingerprint density at radius 1 is 1.21 bits per heavy atom. The van der Waals surface area contributed by atoms with Gasteiger partial charge < -0.3 is 10.1 Å². The third-order valence-electron chi connectivity index (χ3n) is 4.63. The highest BCUT2D eigenvalue weighted by molar-refractivity contribution is 9.10. The Morgan fingerprint density at radius 2 is 1.97 bits per heavy atom. The number of benzene rings is 3. The van der Waals surface area contributed by atoms with Gasteiger partial charge in [-0.3, -0.25) is 14.9 Å². The number of carbonyl (C=O) groups is 1. The third kappa shape index (κ3) is 6.35. The van der Waals surface area contributed by atoms with E-state index in [1.165, 1.54) is 18.2 Å². The number of non-ortho nitro benzene ring substituents is 1. The molecule has 0 bridgehead atoms. The van der Waals surface area contributed by atoms with Gasteiger partial charge in [-0.2, -0.15) is 5.26 Å². The topological polar surface area (TPSA) is 105 Å². The van der Waals surface area contributed by atoms with E-state index in [0.29, 0.717) is 32.1 Å². The SMILES string of the molecule is Cc1ccc(NC(=O)/C(C#N)=C\c2cc(Cl)c(OCc3cccc([N+](=O)[O-])c3)c(Br)c2)cc1Cl. The molecule has 3 aromatic rings. The fraction of sp³-hybridized carbons (Fsp3) is 0.0833. The lowest BCUT2D eigenvalue weighted by Gasteiger charge is -2.11. The number of nitriles is 1. The lowest BCUT2D eigenvalue weighted by molar-refractivity contribution is -0.384. The summed E-state index contributed by atoms with van der Waals surface area (Å²) in [7, 11) is 0. The van der Waals surface area contributed by atoms with Crippen LogP contribution in [0.5, 0.6) is 5.75 Å². The molecule has 0 aliphatic rings. The van der Waals surface area contributed by atoms with E-state index in [1.54, 1.807) is 42.5 Å². The van der Waals surface area contributed by atoms with Crippen molar-refractivity contribution in [3.8, 4) is 11.8 Å². The Bertz CT molecular complexity index is 1330. The molecule has 0 unspecified atom stereocenters. The largest absolute Gasteiger partial charge is 0.486 e. The number of nitro groups is 1. The molecule has 0 saturated carbocycles. The first-order chi connectivity index (χ1) is 16.2. The van der Waals surface area contributed by atoms with Crippen molar-refractivity contribution in [2.24, 2.45) is 0 Å². The predicted octanol–water partition coefficient (Wildman–Crippen LogP) is 7.10. The molecule has 1 N–H and O–H groups in total. The predicted molar refractivity (Wildman–Crippen MR) is 135 cm³/mol. The second kappa shape index (κ2) is 11.2. The fourth-order valence-corrected chi connectivity index (χ4v) is 4.07. The van der Waals surface area contributed by atoms with Gasteiger partial charge in [0.05, 0.1) is 14.4 Å². The summed E-state index contributed by atoms with van der Waals surface area (Å²) < 4.78 is 6.23. The molecule has 0 heterocycles. The highest BCUT2D eigenvalue weighted by atomic mass is 79.9. The van der Waals surface area contributed by atoms with Crippen molar-refractivity contribution in [1.82, 2.24) is 0 Å². The van der Waals surface area contributed by atoms with Crippen LogP contribution < -0.4 is 10.1 Å². The molecule has 0 saturated heterocycles. The van der Waals surface area contributed by atoms with E-state index in [2.05, 4.69) is 21.2 Å². The number of carbonyl (C=O) groups excluding carboxylic acids is 1. The lowest BCUT2D eigenvalue weighted by atomic mass is 10.1. The molecule has 0 atom stereocenters. The molecule has 0 fully saturated rings. The van der Waals surface area contributed by atoms with E-state index in [1.807, 2.05) is 13.0 Å². The van der Waals surface area contributed by atoms with Gasteiger partial charge >= 0.3 is 0 Å². The van der Waals surface area contributed by atoms with Gasteiger partial charge in [0.2, 0.25) is 0 Å². The number of aryl methyl sites for hydroxylation is 1. The standard InChI is InChI=1S/C24H16BrCl2N3O4/c1-14-5-6-18(11-21(14)26)29-24(31)17(12-28)7-16-9-20(25)23(22(27)10-16)34-13-15-3-2-4-19(8-15)30(32)33/h2-11H,13H2,1H3,(H,29,31)/b17-7-. The van der Waals surface area contributed by atoms with Crippen molar-refractivity contribution in [3.05, 3.63) is 101 Å². The Kier molecular flexibility index (Phi) is 8.29. The van der Waals surface area contributed by atoms with Crippen molar-refractivity contribution in [3.63, 3.8) is 0 Å². The highest BCUT2D eigenvalue weighted by Crippen LogP contribution is 2.36. The lowest BCUT2D eigenvalue weighted by Crippen LogP contribution is -2.13. The average Bonchev–Trinajstić information content (AvgIpc) is 2.79. The van der Waals surface area contributed by atoms with Crippen LogP contribution >= 0.6 is 39.1 Å². The monoisotopic (exact) mass is 559 g/mol. The highest BCUT2D eigenvalue weighted by Gasteiger charge is 2.14. The number of amides is 1. The molecule has 0 radical (unpaired) electrons. The van der Waals surface area contributed by atoms with Gasteiger partial charge in [-0.25, -0.2) is 0 Å². The van der Waals surface area contributed by atoms with Crippen LogP contribution in [0, 0.1) is 28.4 Å². The molecule has 7 nitrogen and oxygen atoms in total. The Labute approximate surface area is 213 Å². The van der Waals surface area contributed by atoms with E-state index < -0.39 is 10.8 Å². The minimum absolute atomic E-state index is 0.0398. The van der Waals surface area contributed by atoms with Crippen LogP contribution in [0.3, 0.4) is 0 Å². The van der Waals surface area contributed by atoms with Gasteiger partial charge in [-0.15, -0.1) is 0 Å². The van der Waals surface area contributed by atoms with E-state index >= 15 is 0 Å². The first kappa shape index (κ1) is 25.2. The van der Waals surface area contributed by atoms with Crippen LogP contribution in [0.25, 0.3) is 6.08 Å². The summed E-state index contributed by atoms with van der Waals surface area (Å²) >= 11 is 15.8.